The SMILES string of the molecule is CC(C)c1c(C(=O)N2CCC(C(N)=O)C2)cnn1-c1ccc(F)cc1. The standard InChI is InChI=1S/C18H21FN4O2/c1-11(2)16-15(18(25)22-8-7-12(10-22)17(20)24)9-21-23(16)14-5-3-13(19)4-6-14/h3-6,9,11-12H,7-8,10H2,1-2H3,(H2,20,24). The highest BCUT2D eigenvalue weighted by Gasteiger charge is 2.32. The van der Waals surface area contributed by atoms with Crippen molar-refractivity contribution in [2.75, 3.05) is 13.1 Å². The van der Waals surface area contributed by atoms with E-state index in [0.29, 0.717) is 30.8 Å². The van der Waals surface area contributed by atoms with Crippen LogP contribution in [-0.4, -0.2) is 39.6 Å². The first-order chi connectivity index (χ1) is 11.9. The summed E-state index contributed by atoms with van der Waals surface area (Å²) in [7, 11) is 0. The van der Waals surface area contributed by atoms with E-state index in [1.807, 2.05) is 13.8 Å². The monoisotopic (exact) mass is 344 g/mol. The van der Waals surface area contributed by atoms with Crippen LogP contribution in [0.2, 0.25) is 0 Å². The number of carbonyl (C=O) groups is 2. The van der Waals surface area contributed by atoms with E-state index >= 15 is 0 Å². The fourth-order valence-electron chi connectivity index (χ4n) is 3.21. The largest absolute Gasteiger partial charge is 0.369 e. The van der Waals surface area contributed by atoms with Crippen molar-refractivity contribution in [2.24, 2.45) is 11.7 Å². The van der Waals surface area contributed by atoms with Gasteiger partial charge in [-0.3, -0.25) is 9.59 Å². The number of nitrogens with two attached hydrogens (primary N) is 1. The molecule has 0 saturated carbocycles. The number of hydrogen-bond acceptors (Lipinski definition) is 3. The van der Waals surface area contributed by atoms with Crippen molar-refractivity contribution < 1.29 is 14.0 Å². The van der Waals surface area contributed by atoms with Crippen molar-refractivity contribution in [1.29, 1.82) is 0 Å². The van der Waals surface area contributed by atoms with E-state index in [-0.39, 0.29) is 29.5 Å². The molecule has 132 valence electrons. The molecule has 1 aliphatic rings. The van der Waals surface area contributed by atoms with E-state index in [1.54, 1.807) is 27.9 Å². The van der Waals surface area contributed by atoms with Crippen LogP contribution in [0.15, 0.2) is 30.5 Å². The fourth-order valence-corrected chi connectivity index (χ4v) is 3.21. The number of benzene rings is 1. The lowest BCUT2D eigenvalue weighted by Gasteiger charge is -2.18. The Kier molecular flexibility index (Phi) is 4.57. The summed E-state index contributed by atoms with van der Waals surface area (Å²) in [6.07, 6.45) is 2.13. The van der Waals surface area contributed by atoms with Crippen LogP contribution >= 0.6 is 0 Å². The maximum Gasteiger partial charge on any atom is 0.257 e. The van der Waals surface area contributed by atoms with Crippen LogP contribution < -0.4 is 5.73 Å². The quantitative estimate of drug-likeness (QED) is 0.922. The first-order valence-corrected chi connectivity index (χ1v) is 8.31. The summed E-state index contributed by atoms with van der Waals surface area (Å²) in [6.45, 7) is 4.80. The van der Waals surface area contributed by atoms with Crippen molar-refractivity contribution in [3.05, 3.63) is 47.5 Å². The Hall–Kier alpha value is -2.70. The number of amides is 2. The molecule has 0 aliphatic carbocycles. The molecule has 7 heteroatoms. The summed E-state index contributed by atoms with van der Waals surface area (Å²) in [4.78, 5) is 25.9. The first-order valence-electron chi connectivity index (χ1n) is 8.31. The van der Waals surface area contributed by atoms with E-state index < -0.39 is 0 Å². The third kappa shape index (κ3) is 3.26. The lowest BCUT2D eigenvalue weighted by Crippen LogP contribution is -2.32. The van der Waals surface area contributed by atoms with Gasteiger partial charge in [-0.15, -0.1) is 0 Å². The predicted octanol–water partition coefficient (Wildman–Crippen LogP) is 2.08. The lowest BCUT2D eigenvalue weighted by molar-refractivity contribution is -0.121. The molecule has 1 atom stereocenters. The second-order valence-corrected chi connectivity index (χ2v) is 6.63. The molecular formula is C18H21FN4O2. The van der Waals surface area contributed by atoms with Crippen LogP contribution in [0.5, 0.6) is 0 Å². The Labute approximate surface area is 145 Å². The molecule has 25 heavy (non-hydrogen) atoms. The second-order valence-electron chi connectivity index (χ2n) is 6.63. The first kappa shape index (κ1) is 17.1. The molecule has 2 amide bonds. The zero-order valence-corrected chi connectivity index (χ0v) is 14.3. The molecule has 3 rings (SSSR count). The van der Waals surface area contributed by atoms with Gasteiger partial charge in [-0.2, -0.15) is 5.10 Å². The van der Waals surface area contributed by atoms with Gasteiger partial charge in [0.15, 0.2) is 0 Å². The number of halogens is 1. The topological polar surface area (TPSA) is 81.2 Å². The second kappa shape index (κ2) is 6.66. The molecule has 1 fully saturated rings. The smallest absolute Gasteiger partial charge is 0.257 e. The van der Waals surface area contributed by atoms with Gasteiger partial charge in [0.05, 0.1) is 29.1 Å². The minimum absolute atomic E-state index is 0.0426. The van der Waals surface area contributed by atoms with E-state index in [0.717, 1.165) is 5.69 Å². The minimum atomic E-state index is -0.374. The van der Waals surface area contributed by atoms with Crippen LogP contribution in [0, 0.1) is 11.7 Å². The van der Waals surface area contributed by atoms with Crippen molar-refractivity contribution >= 4 is 11.8 Å². The Morgan fingerprint density at radius 2 is 1.96 bits per heavy atom. The van der Waals surface area contributed by atoms with Crippen molar-refractivity contribution in [1.82, 2.24) is 14.7 Å². The highest BCUT2D eigenvalue weighted by Crippen LogP contribution is 2.26. The Bertz CT molecular complexity index is 798. The number of primary amides is 1. The Balaban J connectivity index is 1.93. The van der Waals surface area contributed by atoms with Gasteiger partial charge >= 0.3 is 0 Å². The number of hydrogen-bond donors (Lipinski definition) is 1. The van der Waals surface area contributed by atoms with Crippen LogP contribution in [0.4, 0.5) is 4.39 Å². The molecule has 6 nitrogen and oxygen atoms in total. The summed E-state index contributed by atoms with van der Waals surface area (Å²) >= 11 is 0. The maximum absolute atomic E-state index is 13.2. The van der Waals surface area contributed by atoms with Crippen LogP contribution in [0.3, 0.4) is 0 Å². The molecule has 0 bridgehead atoms. The van der Waals surface area contributed by atoms with Gasteiger partial charge in [-0.05, 0) is 36.6 Å². The van der Waals surface area contributed by atoms with E-state index in [2.05, 4.69) is 5.10 Å². The number of nitrogens with zero attached hydrogens (tertiary/aromatic N) is 3. The number of carbonyl (C=O) groups excluding carboxylic acids is 2. The van der Waals surface area contributed by atoms with Crippen molar-refractivity contribution in [3.8, 4) is 5.69 Å². The third-order valence-corrected chi connectivity index (χ3v) is 4.53. The third-order valence-electron chi connectivity index (χ3n) is 4.53. The average Bonchev–Trinajstić information content (AvgIpc) is 3.22. The molecule has 1 aliphatic heterocycles. The summed E-state index contributed by atoms with van der Waals surface area (Å²) in [5.41, 5.74) is 7.31. The molecule has 1 saturated heterocycles. The molecule has 2 heterocycles. The highest BCUT2D eigenvalue weighted by atomic mass is 19.1. The van der Waals surface area contributed by atoms with Crippen molar-refractivity contribution in [3.63, 3.8) is 0 Å². The maximum atomic E-state index is 13.2. The molecule has 0 spiro atoms. The van der Waals surface area contributed by atoms with E-state index in [1.165, 1.54) is 12.1 Å². The van der Waals surface area contributed by atoms with Crippen LogP contribution in [-0.2, 0) is 4.79 Å². The highest BCUT2D eigenvalue weighted by molar-refractivity contribution is 5.96. The van der Waals surface area contributed by atoms with Gasteiger partial charge < -0.3 is 10.6 Å². The zero-order chi connectivity index (χ0) is 18.1. The summed E-state index contributed by atoms with van der Waals surface area (Å²) < 4.78 is 14.8. The van der Waals surface area contributed by atoms with Gasteiger partial charge in [-0.1, -0.05) is 13.8 Å². The molecule has 1 unspecified atom stereocenters. The van der Waals surface area contributed by atoms with E-state index in [4.69, 9.17) is 5.73 Å². The number of aromatic nitrogens is 2. The van der Waals surface area contributed by atoms with Gasteiger partial charge in [0.25, 0.3) is 5.91 Å². The van der Waals surface area contributed by atoms with Gasteiger partial charge in [0, 0.05) is 13.1 Å². The van der Waals surface area contributed by atoms with Gasteiger partial charge in [0.2, 0.25) is 5.91 Å². The molecule has 1 aromatic heterocycles. The summed E-state index contributed by atoms with van der Waals surface area (Å²) in [6, 6.07) is 5.98. The molecular weight excluding hydrogens is 323 g/mol. The molecule has 0 radical (unpaired) electrons. The summed E-state index contributed by atoms with van der Waals surface area (Å²) in [5.74, 6) is -1.10. The number of rotatable bonds is 4. The fraction of sp³-hybridized carbons (Fsp3) is 0.389. The van der Waals surface area contributed by atoms with Crippen LogP contribution in [0.25, 0.3) is 5.69 Å². The molecule has 2 N–H and O–H groups in total. The average molecular weight is 344 g/mol. The normalized spacial score (nSPS) is 17.3. The number of likely N-dealkylation sites (tertiary alicyclic amines) is 1. The van der Waals surface area contributed by atoms with Crippen LogP contribution in [0.1, 0.15) is 42.2 Å². The zero-order valence-electron chi connectivity index (χ0n) is 14.3. The van der Waals surface area contributed by atoms with Gasteiger partial charge in [-0.25, -0.2) is 9.07 Å². The predicted molar refractivity (Wildman–Crippen MR) is 90.8 cm³/mol. The van der Waals surface area contributed by atoms with Crippen molar-refractivity contribution in [2.45, 2.75) is 26.2 Å². The minimum Gasteiger partial charge on any atom is -0.369 e. The summed E-state index contributed by atoms with van der Waals surface area (Å²) in [5, 5.41) is 4.34. The van der Waals surface area contributed by atoms with Gasteiger partial charge in [0.1, 0.15) is 5.82 Å². The van der Waals surface area contributed by atoms with E-state index in [9.17, 15) is 14.0 Å². The molecule has 2 aromatic rings. The molecule has 1 aromatic carbocycles. The Morgan fingerprint density at radius 3 is 2.52 bits per heavy atom. The Morgan fingerprint density at radius 1 is 1.28 bits per heavy atom. The lowest BCUT2D eigenvalue weighted by atomic mass is 10.0.